The molecule has 0 radical (unpaired) electrons. The highest BCUT2D eigenvalue weighted by atomic mass is 16.3. The van der Waals surface area contributed by atoms with Crippen LogP contribution >= 0.6 is 0 Å². The molecule has 0 bridgehead atoms. The zero-order valence-corrected chi connectivity index (χ0v) is 13.1. The van der Waals surface area contributed by atoms with Gasteiger partial charge in [0.05, 0.1) is 6.10 Å². The van der Waals surface area contributed by atoms with Crippen LogP contribution in [0.3, 0.4) is 0 Å². The number of hydrogen-bond acceptors (Lipinski definition) is 3. The Morgan fingerprint density at radius 1 is 1.29 bits per heavy atom. The predicted molar refractivity (Wildman–Crippen MR) is 85.5 cm³/mol. The van der Waals surface area contributed by atoms with Crippen LogP contribution in [0, 0.1) is 5.92 Å². The van der Waals surface area contributed by atoms with Gasteiger partial charge in [0.2, 0.25) is 5.91 Å². The molecule has 0 saturated carbocycles. The van der Waals surface area contributed by atoms with Gasteiger partial charge in [0.25, 0.3) is 0 Å². The van der Waals surface area contributed by atoms with Gasteiger partial charge in [0, 0.05) is 19.5 Å². The number of amides is 1. The Morgan fingerprint density at radius 2 is 2.00 bits per heavy atom. The van der Waals surface area contributed by atoms with E-state index in [4.69, 9.17) is 5.73 Å². The van der Waals surface area contributed by atoms with Crippen molar-refractivity contribution in [2.24, 2.45) is 11.7 Å². The lowest BCUT2D eigenvalue weighted by atomic mass is 10.0. The van der Waals surface area contributed by atoms with Gasteiger partial charge >= 0.3 is 0 Å². The number of carbonyl (C=O) groups is 1. The van der Waals surface area contributed by atoms with E-state index < -0.39 is 0 Å². The van der Waals surface area contributed by atoms with Gasteiger partial charge in [-0.1, -0.05) is 44.5 Å². The molecule has 0 fully saturated rings. The van der Waals surface area contributed by atoms with E-state index in [1.165, 1.54) is 0 Å². The summed E-state index contributed by atoms with van der Waals surface area (Å²) in [5, 5.41) is 12.6. The molecule has 0 saturated heterocycles. The van der Waals surface area contributed by atoms with Crippen molar-refractivity contribution >= 4 is 5.91 Å². The van der Waals surface area contributed by atoms with E-state index in [9.17, 15) is 9.90 Å². The summed E-state index contributed by atoms with van der Waals surface area (Å²) in [6.45, 7) is 5.07. The molecule has 0 aromatic heterocycles. The van der Waals surface area contributed by atoms with Crippen LogP contribution in [0.25, 0.3) is 0 Å². The molecular weight excluding hydrogens is 264 g/mol. The van der Waals surface area contributed by atoms with Crippen LogP contribution in [-0.4, -0.2) is 17.1 Å². The van der Waals surface area contributed by atoms with Gasteiger partial charge in [-0.05, 0) is 29.9 Å². The summed E-state index contributed by atoms with van der Waals surface area (Å²) in [6, 6.07) is 7.93. The number of aliphatic hydroxyl groups is 1. The molecule has 0 heterocycles. The quantitative estimate of drug-likeness (QED) is 0.611. The predicted octanol–water partition coefficient (Wildman–Crippen LogP) is 2.34. The largest absolute Gasteiger partial charge is 0.393 e. The molecule has 0 aliphatic carbocycles. The van der Waals surface area contributed by atoms with E-state index in [0.29, 0.717) is 19.5 Å². The fourth-order valence-corrected chi connectivity index (χ4v) is 2.13. The van der Waals surface area contributed by atoms with Crippen LogP contribution in [0.2, 0.25) is 0 Å². The SMILES string of the molecule is CC(C)C(O)CCCCC(=O)NCc1cccc(CN)c1. The van der Waals surface area contributed by atoms with Crippen molar-refractivity contribution in [3.8, 4) is 0 Å². The fraction of sp³-hybridized carbons (Fsp3) is 0.588. The van der Waals surface area contributed by atoms with E-state index in [2.05, 4.69) is 5.32 Å². The first-order valence-electron chi connectivity index (χ1n) is 7.75. The molecule has 1 unspecified atom stereocenters. The molecule has 118 valence electrons. The molecule has 4 heteroatoms. The second-order valence-electron chi connectivity index (χ2n) is 5.86. The lowest BCUT2D eigenvalue weighted by molar-refractivity contribution is -0.121. The monoisotopic (exact) mass is 292 g/mol. The standard InChI is InChI=1S/C17H28N2O2/c1-13(2)16(20)8-3-4-9-17(21)19-12-15-7-5-6-14(10-15)11-18/h5-7,10,13,16,20H,3-4,8-9,11-12,18H2,1-2H3,(H,19,21). The highest BCUT2D eigenvalue weighted by Crippen LogP contribution is 2.11. The third-order valence-corrected chi connectivity index (χ3v) is 3.64. The third-order valence-electron chi connectivity index (χ3n) is 3.64. The summed E-state index contributed by atoms with van der Waals surface area (Å²) in [5.74, 6) is 0.348. The average Bonchev–Trinajstić information content (AvgIpc) is 2.49. The van der Waals surface area contributed by atoms with Crippen molar-refractivity contribution in [2.45, 2.75) is 58.7 Å². The number of nitrogens with one attached hydrogen (secondary N) is 1. The van der Waals surface area contributed by atoms with Crippen LogP contribution in [0.1, 0.15) is 50.7 Å². The van der Waals surface area contributed by atoms with E-state index in [1.54, 1.807) is 0 Å². The Balaban J connectivity index is 2.19. The Morgan fingerprint density at radius 3 is 2.67 bits per heavy atom. The summed E-state index contributed by atoms with van der Waals surface area (Å²) < 4.78 is 0. The summed E-state index contributed by atoms with van der Waals surface area (Å²) in [6.07, 6.45) is 2.73. The highest BCUT2D eigenvalue weighted by molar-refractivity contribution is 5.75. The van der Waals surface area contributed by atoms with Gasteiger partial charge in [-0.25, -0.2) is 0 Å². The van der Waals surface area contributed by atoms with Gasteiger partial charge < -0.3 is 16.2 Å². The Bertz CT molecular complexity index is 433. The van der Waals surface area contributed by atoms with Crippen LogP contribution < -0.4 is 11.1 Å². The van der Waals surface area contributed by atoms with E-state index >= 15 is 0 Å². The van der Waals surface area contributed by atoms with Gasteiger partial charge in [0.1, 0.15) is 0 Å². The number of benzene rings is 1. The summed E-state index contributed by atoms with van der Waals surface area (Å²) in [5.41, 5.74) is 7.74. The minimum atomic E-state index is -0.257. The number of nitrogens with two attached hydrogens (primary N) is 1. The maximum absolute atomic E-state index is 11.8. The number of unbranched alkanes of at least 4 members (excludes halogenated alkanes) is 1. The van der Waals surface area contributed by atoms with E-state index in [0.717, 1.165) is 30.4 Å². The molecule has 4 nitrogen and oxygen atoms in total. The third kappa shape index (κ3) is 7.25. The van der Waals surface area contributed by atoms with Crippen LogP contribution in [0.4, 0.5) is 0 Å². The molecule has 4 N–H and O–H groups in total. The van der Waals surface area contributed by atoms with Crippen molar-refractivity contribution in [1.82, 2.24) is 5.32 Å². The second-order valence-corrected chi connectivity index (χ2v) is 5.86. The molecule has 1 amide bonds. The maximum atomic E-state index is 11.8. The Kier molecular flexibility index (Phi) is 8.01. The summed E-state index contributed by atoms with van der Waals surface area (Å²) in [4.78, 5) is 11.8. The fourth-order valence-electron chi connectivity index (χ4n) is 2.13. The molecule has 1 atom stereocenters. The van der Waals surface area contributed by atoms with Gasteiger partial charge in [-0.15, -0.1) is 0 Å². The molecular formula is C17H28N2O2. The minimum absolute atomic E-state index is 0.0622. The van der Waals surface area contributed by atoms with Crippen molar-refractivity contribution in [3.63, 3.8) is 0 Å². The first kappa shape index (κ1) is 17.7. The number of carbonyl (C=O) groups excluding carboxylic acids is 1. The van der Waals surface area contributed by atoms with Gasteiger partial charge in [-0.2, -0.15) is 0 Å². The lowest BCUT2D eigenvalue weighted by Crippen LogP contribution is -2.22. The van der Waals surface area contributed by atoms with Crippen LogP contribution in [0.5, 0.6) is 0 Å². The van der Waals surface area contributed by atoms with E-state index in [1.807, 2.05) is 38.1 Å². The molecule has 1 aromatic carbocycles. The highest BCUT2D eigenvalue weighted by Gasteiger charge is 2.09. The first-order valence-corrected chi connectivity index (χ1v) is 7.75. The zero-order valence-electron chi connectivity index (χ0n) is 13.1. The zero-order chi connectivity index (χ0) is 15.7. The minimum Gasteiger partial charge on any atom is -0.393 e. The summed E-state index contributed by atoms with van der Waals surface area (Å²) >= 11 is 0. The maximum Gasteiger partial charge on any atom is 0.220 e. The van der Waals surface area contributed by atoms with Crippen LogP contribution in [0.15, 0.2) is 24.3 Å². The molecule has 0 spiro atoms. The lowest BCUT2D eigenvalue weighted by Gasteiger charge is -2.13. The topological polar surface area (TPSA) is 75.3 Å². The normalized spacial score (nSPS) is 12.4. The molecule has 21 heavy (non-hydrogen) atoms. The van der Waals surface area contributed by atoms with Crippen molar-refractivity contribution in [2.75, 3.05) is 0 Å². The number of rotatable bonds is 9. The first-order chi connectivity index (χ1) is 10.0. The smallest absolute Gasteiger partial charge is 0.220 e. The molecule has 1 aromatic rings. The Hall–Kier alpha value is -1.39. The molecule has 0 aliphatic rings. The number of aliphatic hydroxyl groups excluding tert-OH is 1. The summed E-state index contributed by atoms with van der Waals surface area (Å²) in [7, 11) is 0. The average molecular weight is 292 g/mol. The van der Waals surface area contributed by atoms with Crippen molar-refractivity contribution in [3.05, 3.63) is 35.4 Å². The van der Waals surface area contributed by atoms with E-state index in [-0.39, 0.29) is 17.9 Å². The molecule has 1 rings (SSSR count). The van der Waals surface area contributed by atoms with Crippen molar-refractivity contribution in [1.29, 1.82) is 0 Å². The van der Waals surface area contributed by atoms with Gasteiger partial charge in [0.15, 0.2) is 0 Å². The second kappa shape index (κ2) is 9.53. The van der Waals surface area contributed by atoms with Crippen LogP contribution in [-0.2, 0) is 17.9 Å². The van der Waals surface area contributed by atoms with Crippen molar-refractivity contribution < 1.29 is 9.90 Å². The number of hydrogen-bond donors (Lipinski definition) is 3. The Labute approximate surface area is 127 Å². The van der Waals surface area contributed by atoms with Gasteiger partial charge in [-0.3, -0.25) is 4.79 Å². The molecule has 0 aliphatic heterocycles.